The van der Waals surface area contributed by atoms with Gasteiger partial charge in [-0.05, 0) is 32.1 Å². The predicted octanol–water partition coefficient (Wildman–Crippen LogP) is 1.78. The molecule has 2 aliphatic rings. The van der Waals surface area contributed by atoms with Crippen LogP contribution in [0.2, 0.25) is 0 Å². The van der Waals surface area contributed by atoms with Gasteiger partial charge in [-0.15, -0.1) is 0 Å². The number of piperidine rings is 1. The van der Waals surface area contributed by atoms with Gasteiger partial charge >= 0.3 is 12.0 Å². The van der Waals surface area contributed by atoms with Crippen LogP contribution < -0.4 is 0 Å². The highest BCUT2D eigenvalue weighted by Crippen LogP contribution is 2.34. The van der Waals surface area contributed by atoms with E-state index < -0.39 is 11.4 Å². The number of carbonyl (C=O) groups excluding carboxylic acids is 1. The van der Waals surface area contributed by atoms with Crippen LogP contribution >= 0.6 is 0 Å². The SMILES string of the molecule is CC[C@@]1(C(=O)O)CCCN(C(=O)N2CCCC2)C1. The number of carbonyl (C=O) groups is 2. The highest BCUT2D eigenvalue weighted by Gasteiger charge is 2.42. The summed E-state index contributed by atoms with van der Waals surface area (Å²) in [6, 6.07) is 0.0336. The standard InChI is InChI=1S/C13H22N2O3/c1-2-13(11(16)17)6-5-9-15(10-13)12(18)14-7-3-4-8-14/h2-10H2,1H3,(H,16,17)/t13-/m1/s1. The largest absolute Gasteiger partial charge is 0.481 e. The molecule has 0 aromatic rings. The van der Waals surface area contributed by atoms with Crippen molar-refractivity contribution in [1.82, 2.24) is 9.80 Å². The van der Waals surface area contributed by atoms with Crippen LogP contribution in [0.5, 0.6) is 0 Å². The average molecular weight is 254 g/mol. The Morgan fingerprint density at radius 1 is 1.11 bits per heavy atom. The fraction of sp³-hybridized carbons (Fsp3) is 0.846. The van der Waals surface area contributed by atoms with E-state index in [1.54, 1.807) is 4.90 Å². The Morgan fingerprint density at radius 3 is 2.28 bits per heavy atom. The van der Waals surface area contributed by atoms with Gasteiger partial charge in [-0.25, -0.2) is 4.79 Å². The molecule has 2 fully saturated rings. The summed E-state index contributed by atoms with van der Waals surface area (Å²) in [6.07, 6.45) is 4.20. The Kier molecular flexibility index (Phi) is 3.78. The summed E-state index contributed by atoms with van der Waals surface area (Å²) in [5.41, 5.74) is -0.729. The third-order valence-electron chi connectivity index (χ3n) is 4.35. The van der Waals surface area contributed by atoms with Crippen LogP contribution in [0.15, 0.2) is 0 Å². The molecule has 5 nitrogen and oxygen atoms in total. The first-order chi connectivity index (χ1) is 8.59. The highest BCUT2D eigenvalue weighted by atomic mass is 16.4. The van der Waals surface area contributed by atoms with Crippen molar-refractivity contribution in [3.05, 3.63) is 0 Å². The molecule has 2 heterocycles. The molecular formula is C13H22N2O3. The van der Waals surface area contributed by atoms with Crippen molar-refractivity contribution in [2.45, 2.75) is 39.0 Å². The molecule has 1 N–H and O–H groups in total. The minimum Gasteiger partial charge on any atom is -0.481 e. The van der Waals surface area contributed by atoms with Crippen molar-refractivity contribution in [2.24, 2.45) is 5.41 Å². The van der Waals surface area contributed by atoms with Crippen LogP contribution in [0.25, 0.3) is 0 Å². The molecular weight excluding hydrogens is 232 g/mol. The number of carboxylic acid groups (broad SMARTS) is 1. The van der Waals surface area contributed by atoms with Gasteiger partial charge in [0, 0.05) is 26.2 Å². The number of nitrogens with zero attached hydrogens (tertiary/aromatic N) is 2. The van der Waals surface area contributed by atoms with E-state index in [-0.39, 0.29) is 6.03 Å². The average Bonchev–Trinajstić information content (AvgIpc) is 2.91. The first-order valence-corrected chi connectivity index (χ1v) is 6.86. The normalized spacial score (nSPS) is 28.5. The van der Waals surface area contributed by atoms with Crippen molar-refractivity contribution >= 4 is 12.0 Å². The molecule has 2 amide bonds. The van der Waals surface area contributed by atoms with E-state index in [1.165, 1.54) is 0 Å². The monoisotopic (exact) mass is 254 g/mol. The number of hydrogen-bond acceptors (Lipinski definition) is 2. The lowest BCUT2D eigenvalue weighted by Crippen LogP contribution is -2.52. The minimum absolute atomic E-state index is 0.0336. The van der Waals surface area contributed by atoms with E-state index in [0.29, 0.717) is 25.9 Å². The maximum absolute atomic E-state index is 12.3. The van der Waals surface area contributed by atoms with E-state index >= 15 is 0 Å². The van der Waals surface area contributed by atoms with Crippen molar-refractivity contribution < 1.29 is 14.7 Å². The molecule has 0 aromatic heterocycles. The zero-order valence-corrected chi connectivity index (χ0v) is 11.0. The third-order valence-corrected chi connectivity index (χ3v) is 4.35. The molecule has 0 aliphatic carbocycles. The first kappa shape index (κ1) is 13.2. The summed E-state index contributed by atoms with van der Waals surface area (Å²) in [5, 5.41) is 9.40. The highest BCUT2D eigenvalue weighted by molar-refractivity contribution is 5.79. The lowest BCUT2D eigenvalue weighted by atomic mass is 9.78. The maximum atomic E-state index is 12.3. The van der Waals surface area contributed by atoms with Gasteiger partial charge in [-0.3, -0.25) is 4.79 Å². The Morgan fingerprint density at radius 2 is 1.72 bits per heavy atom. The molecule has 0 spiro atoms. The number of likely N-dealkylation sites (tertiary alicyclic amines) is 2. The lowest BCUT2D eigenvalue weighted by Gasteiger charge is -2.40. The summed E-state index contributed by atoms with van der Waals surface area (Å²) < 4.78 is 0. The molecule has 2 aliphatic heterocycles. The fourth-order valence-corrected chi connectivity index (χ4v) is 3.02. The summed E-state index contributed by atoms with van der Waals surface area (Å²) in [5.74, 6) is -0.760. The maximum Gasteiger partial charge on any atom is 0.320 e. The minimum atomic E-state index is -0.760. The summed E-state index contributed by atoms with van der Waals surface area (Å²) in [7, 11) is 0. The van der Waals surface area contributed by atoms with Gasteiger partial charge in [-0.2, -0.15) is 0 Å². The first-order valence-electron chi connectivity index (χ1n) is 6.86. The summed E-state index contributed by atoms with van der Waals surface area (Å²) in [6.45, 7) is 4.61. The number of aliphatic carboxylic acids is 1. The zero-order chi connectivity index (χ0) is 13.2. The molecule has 1 atom stereocenters. The third kappa shape index (κ3) is 2.31. The topological polar surface area (TPSA) is 60.9 Å². The van der Waals surface area contributed by atoms with Crippen LogP contribution in [0.4, 0.5) is 4.79 Å². The quantitative estimate of drug-likeness (QED) is 0.817. The summed E-state index contributed by atoms with van der Waals surface area (Å²) in [4.78, 5) is 27.3. The van der Waals surface area contributed by atoms with Gasteiger partial charge < -0.3 is 14.9 Å². The van der Waals surface area contributed by atoms with Gasteiger partial charge in [0.05, 0.1) is 5.41 Å². The van der Waals surface area contributed by atoms with Crippen molar-refractivity contribution in [3.8, 4) is 0 Å². The van der Waals surface area contributed by atoms with Gasteiger partial charge in [0.2, 0.25) is 0 Å². The van der Waals surface area contributed by atoms with E-state index in [4.69, 9.17) is 0 Å². The molecule has 5 heteroatoms. The van der Waals surface area contributed by atoms with Crippen molar-refractivity contribution in [3.63, 3.8) is 0 Å². The Labute approximate surface area is 108 Å². The molecule has 2 rings (SSSR count). The van der Waals surface area contributed by atoms with Crippen LogP contribution in [-0.4, -0.2) is 53.1 Å². The van der Waals surface area contributed by atoms with Crippen LogP contribution in [0.1, 0.15) is 39.0 Å². The van der Waals surface area contributed by atoms with Gasteiger partial charge in [0.1, 0.15) is 0 Å². The second kappa shape index (κ2) is 5.16. The Balaban J connectivity index is 2.05. The van der Waals surface area contributed by atoms with E-state index in [2.05, 4.69) is 0 Å². The van der Waals surface area contributed by atoms with Crippen molar-refractivity contribution in [1.29, 1.82) is 0 Å². The smallest absolute Gasteiger partial charge is 0.320 e. The van der Waals surface area contributed by atoms with E-state index in [0.717, 1.165) is 32.4 Å². The van der Waals surface area contributed by atoms with Crippen LogP contribution in [0.3, 0.4) is 0 Å². The number of amides is 2. The van der Waals surface area contributed by atoms with Gasteiger partial charge in [-0.1, -0.05) is 6.92 Å². The summed E-state index contributed by atoms with van der Waals surface area (Å²) >= 11 is 0. The molecule has 2 saturated heterocycles. The molecule has 0 saturated carbocycles. The molecule has 18 heavy (non-hydrogen) atoms. The van der Waals surface area contributed by atoms with Crippen LogP contribution in [-0.2, 0) is 4.79 Å². The number of hydrogen-bond donors (Lipinski definition) is 1. The number of carboxylic acids is 1. The van der Waals surface area contributed by atoms with E-state index in [9.17, 15) is 14.7 Å². The van der Waals surface area contributed by atoms with Crippen LogP contribution in [0, 0.1) is 5.41 Å². The molecule has 0 aromatic carbocycles. The molecule has 0 unspecified atom stereocenters. The predicted molar refractivity (Wildman–Crippen MR) is 67.4 cm³/mol. The second-order valence-electron chi connectivity index (χ2n) is 5.44. The van der Waals surface area contributed by atoms with Crippen molar-refractivity contribution in [2.75, 3.05) is 26.2 Å². The number of urea groups is 1. The fourth-order valence-electron chi connectivity index (χ4n) is 3.02. The Bertz CT molecular complexity index is 339. The number of rotatable bonds is 2. The molecule has 0 bridgehead atoms. The molecule has 0 radical (unpaired) electrons. The lowest BCUT2D eigenvalue weighted by molar-refractivity contribution is -0.152. The Hall–Kier alpha value is -1.26. The zero-order valence-electron chi connectivity index (χ0n) is 11.0. The van der Waals surface area contributed by atoms with Gasteiger partial charge in [0.25, 0.3) is 0 Å². The molecule has 102 valence electrons. The second-order valence-corrected chi connectivity index (χ2v) is 5.44. The van der Waals surface area contributed by atoms with E-state index in [1.807, 2.05) is 11.8 Å². The van der Waals surface area contributed by atoms with Gasteiger partial charge in [0.15, 0.2) is 0 Å².